The summed E-state index contributed by atoms with van der Waals surface area (Å²) in [5.41, 5.74) is 0. The molecule has 0 aliphatic carbocycles. The third-order valence-corrected chi connectivity index (χ3v) is 4.46. The summed E-state index contributed by atoms with van der Waals surface area (Å²) in [7, 11) is 0. The number of pyridine rings is 1. The number of nitrogens with one attached hydrogen (secondary N) is 3. The quantitative estimate of drug-likeness (QED) is 0.604. The van der Waals surface area contributed by atoms with Gasteiger partial charge < -0.3 is 16.0 Å². The van der Waals surface area contributed by atoms with Crippen LogP contribution in [0.5, 0.6) is 0 Å². The Kier molecular flexibility index (Phi) is 13.3. The number of nitrogens with zero attached hydrogens (tertiary/aromatic N) is 1. The van der Waals surface area contributed by atoms with Crippen molar-refractivity contribution in [3.63, 3.8) is 0 Å². The van der Waals surface area contributed by atoms with Crippen molar-refractivity contribution < 1.29 is 4.79 Å². The summed E-state index contributed by atoms with van der Waals surface area (Å²) in [5, 5.41) is 9.64. The molecule has 1 aromatic heterocycles. The van der Waals surface area contributed by atoms with Gasteiger partial charge in [0.15, 0.2) is 0 Å². The van der Waals surface area contributed by atoms with Gasteiger partial charge >= 0.3 is 0 Å². The molecule has 1 fully saturated rings. The molecule has 5 nitrogen and oxygen atoms in total. The molecular weight excluding hydrogens is 355 g/mol. The van der Waals surface area contributed by atoms with Crippen LogP contribution in [-0.4, -0.2) is 48.1 Å². The maximum Gasteiger partial charge on any atom is 0.221 e. The molecular formula is C15H26Cl2N4OS. The van der Waals surface area contributed by atoms with E-state index in [9.17, 15) is 4.79 Å². The van der Waals surface area contributed by atoms with Gasteiger partial charge in [0, 0.05) is 49.8 Å². The van der Waals surface area contributed by atoms with Crippen LogP contribution in [0.1, 0.15) is 19.3 Å². The highest BCUT2D eigenvalue weighted by molar-refractivity contribution is 7.99. The topological polar surface area (TPSA) is 66.1 Å². The minimum absolute atomic E-state index is 0. The average molecular weight is 381 g/mol. The zero-order chi connectivity index (χ0) is 14.8. The minimum atomic E-state index is 0. The number of hydrogen-bond acceptors (Lipinski definition) is 5. The number of halogens is 2. The third kappa shape index (κ3) is 9.91. The van der Waals surface area contributed by atoms with Gasteiger partial charge in [-0.15, -0.1) is 24.8 Å². The molecule has 1 aromatic rings. The van der Waals surface area contributed by atoms with Gasteiger partial charge in [-0.3, -0.25) is 4.79 Å². The van der Waals surface area contributed by atoms with Crippen molar-refractivity contribution in [2.75, 3.05) is 36.5 Å². The van der Waals surface area contributed by atoms with Crippen LogP contribution >= 0.6 is 36.6 Å². The molecule has 132 valence electrons. The number of hydrogen-bond donors (Lipinski definition) is 3. The van der Waals surface area contributed by atoms with Crippen LogP contribution in [0.4, 0.5) is 5.82 Å². The molecule has 8 heteroatoms. The van der Waals surface area contributed by atoms with E-state index in [1.165, 1.54) is 0 Å². The molecule has 1 unspecified atom stereocenters. The molecule has 2 heterocycles. The summed E-state index contributed by atoms with van der Waals surface area (Å²) in [6.07, 6.45) is 4.38. The summed E-state index contributed by atoms with van der Waals surface area (Å²) in [6.45, 7) is 2.65. The number of rotatable bonds is 8. The number of carbonyl (C=O) groups is 1. The van der Waals surface area contributed by atoms with E-state index in [-0.39, 0.29) is 30.7 Å². The number of anilines is 1. The Morgan fingerprint density at radius 3 is 2.83 bits per heavy atom. The number of carbonyl (C=O) groups excluding carboxylic acids is 1. The second-order valence-corrected chi connectivity index (χ2v) is 6.28. The van der Waals surface area contributed by atoms with Gasteiger partial charge in [-0.25, -0.2) is 4.98 Å². The van der Waals surface area contributed by atoms with Crippen LogP contribution in [-0.2, 0) is 4.79 Å². The van der Waals surface area contributed by atoms with E-state index in [4.69, 9.17) is 0 Å². The van der Waals surface area contributed by atoms with Crippen molar-refractivity contribution >= 4 is 48.3 Å². The maximum absolute atomic E-state index is 11.8. The van der Waals surface area contributed by atoms with Gasteiger partial charge in [0.1, 0.15) is 5.82 Å². The molecule has 0 saturated carbocycles. The molecule has 1 aliphatic rings. The highest BCUT2D eigenvalue weighted by atomic mass is 35.5. The first kappa shape index (κ1) is 22.3. The number of aromatic nitrogens is 1. The fourth-order valence-corrected chi connectivity index (χ4v) is 3.16. The van der Waals surface area contributed by atoms with Crippen LogP contribution in [0.3, 0.4) is 0 Å². The smallest absolute Gasteiger partial charge is 0.221 e. The molecule has 2 rings (SSSR count). The molecule has 0 radical (unpaired) electrons. The summed E-state index contributed by atoms with van der Waals surface area (Å²) in [5.74, 6) is 3.26. The Hall–Kier alpha value is -0.690. The molecule has 1 saturated heterocycles. The first-order valence-corrected chi connectivity index (χ1v) is 8.73. The fourth-order valence-electron chi connectivity index (χ4n) is 2.21. The first-order chi connectivity index (χ1) is 10.3. The predicted molar refractivity (Wildman–Crippen MR) is 103 cm³/mol. The van der Waals surface area contributed by atoms with Crippen molar-refractivity contribution in [3.8, 4) is 0 Å². The lowest BCUT2D eigenvalue weighted by molar-refractivity contribution is -0.121. The number of unbranched alkanes of at least 4 members (excludes halogenated alkanes) is 1. The van der Waals surface area contributed by atoms with E-state index in [1.807, 2.05) is 30.0 Å². The molecule has 3 N–H and O–H groups in total. The van der Waals surface area contributed by atoms with E-state index < -0.39 is 0 Å². The molecule has 1 atom stereocenters. The van der Waals surface area contributed by atoms with Crippen LogP contribution in [0.15, 0.2) is 24.4 Å². The van der Waals surface area contributed by atoms with Gasteiger partial charge in [0.05, 0.1) is 0 Å². The second-order valence-electron chi connectivity index (χ2n) is 5.13. The van der Waals surface area contributed by atoms with Crippen LogP contribution in [0, 0.1) is 0 Å². The van der Waals surface area contributed by atoms with Crippen molar-refractivity contribution in [1.82, 2.24) is 15.6 Å². The zero-order valence-corrected chi connectivity index (χ0v) is 15.6. The van der Waals surface area contributed by atoms with Crippen LogP contribution in [0.2, 0.25) is 0 Å². The number of amides is 1. The number of thioether (sulfide) groups is 1. The van der Waals surface area contributed by atoms with Crippen molar-refractivity contribution in [2.45, 2.75) is 25.3 Å². The van der Waals surface area contributed by atoms with E-state index in [0.29, 0.717) is 12.5 Å². The Bertz CT molecular complexity index is 419. The van der Waals surface area contributed by atoms with Crippen molar-refractivity contribution in [3.05, 3.63) is 24.4 Å². The molecule has 0 aromatic carbocycles. The van der Waals surface area contributed by atoms with Gasteiger partial charge in [-0.05, 0) is 25.0 Å². The molecule has 0 spiro atoms. The monoisotopic (exact) mass is 380 g/mol. The third-order valence-electron chi connectivity index (χ3n) is 3.33. The Labute approximate surface area is 155 Å². The molecule has 1 amide bonds. The van der Waals surface area contributed by atoms with Crippen LogP contribution < -0.4 is 16.0 Å². The van der Waals surface area contributed by atoms with Crippen molar-refractivity contribution in [2.24, 2.45) is 0 Å². The molecule has 0 bridgehead atoms. The highest BCUT2D eigenvalue weighted by Gasteiger charge is 2.15. The summed E-state index contributed by atoms with van der Waals surface area (Å²) in [6, 6.07) is 6.17. The van der Waals surface area contributed by atoms with E-state index in [2.05, 4.69) is 20.9 Å². The SMILES string of the molecule is Cl.Cl.O=C(CC1CSCCN1)NCCCCNc1ccccn1. The molecule has 23 heavy (non-hydrogen) atoms. The zero-order valence-electron chi connectivity index (χ0n) is 13.1. The largest absolute Gasteiger partial charge is 0.370 e. The van der Waals surface area contributed by atoms with E-state index in [0.717, 1.165) is 49.8 Å². The van der Waals surface area contributed by atoms with E-state index in [1.54, 1.807) is 6.20 Å². The Morgan fingerprint density at radius 2 is 2.13 bits per heavy atom. The molecule has 1 aliphatic heterocycles. The van der Waals surface area contributed by atoms with Gasteiger partial charge in [0.2, 0.25) is 5.91 Å². The van der Waals surface area contributed by atoms with Gasteiger partial charge in [0.25, 0.3) is 0 Å². The lowest BCUT2D eigenvalue weighted by atomic mass is 10.2. The highest BCUT2D eigenvalue weighted by Crippen LogP contribution is 2.09. The van der Waals surface area contributed by atoms with Gasteiger partial charge in [-0.1, -0.05) is 6.07 Å². The van der Waals surface area contributed by atoms with E-state index >= 15 is 0 Å². The van der Waals surface area contributed by atoms with Crippen molar-refractivity contribution in [1.29, 1.82) is 0 Å². The van der Waals surface area contributed by atoms with Gasteiger partial charge in [-0.2, -0.15) is 11.8 Å². The summed E-state index contributed by atoms with van der Waals surface area (Å²) in [4.78, 5) is 16.0. The normalized spacial score (nSPS) is 16.6. The maximum atomic E-state index is 11.8. The minimum Gasteiger partial charge on any atom is -0.370 e. The standard InChI is InChI=1S/C15H24N4OS.2ClH/c20-15(11-13-12-21-10-9-16-13)19-8-4-3-7-18-14-5-1-2-6-17-14;;/h1-2,5-6,13,16H,3-4,7-12H2,(H,17,18)(H,19,20);2*1H. The second kappa shape index (κ2) is 13.7. The fraction of sp³-hybridized carbons (Fsp3) is 0.600. The Balaban J connectivity index is 0.00000242. The lowest BCUT2D eigenvalue weighted by Gasteiger charge is -2.22. The predicted octanol–water partition coefficient (Wildman–Crippen LogP) is 2.33. The average Bonchev–Trinajstić information content (AvgIpc) is 2.53. The van der Waals surface area contributed by atoms with Crippen LogP contribution in [0.25, 0.3) is 0 Å². The Morgan fingerprint density at radius 1 is 1.30 bits per heavy atom. The first-order valence-electron chi connectivity index (χ1n) is 7.57. The lowest BCUT2D eigenvalue weighted by Crippen LogP contribution is -2.41. The summed E-state index contributed by atoms with van der Waals surface area (Å²) < 4.78 is 0. The summed E-state index contributed by atoms with van der Waals surface area (Å²) >= 11 is 1.92.